The van der Waals surface area contributed by atoms with E-state index in [1.54, 1.807) is 7.11 Å². The average Bonchev–Trinajstić information content (AvgIpc) is 2.68. The van der Waals surface area contributed by atoms with Crippen LogP contribution in [0, 0.1) is 0 Å². The van der Waals surface area contributed by atoms with Gasteiger partial charge in [0.15, 0.2) is 0 Å². The molecule has 0 spiro atoms. The SMILES string of the molecule is COC[C@H](O)[C@H](N)c1cc(-c2ccccc2)cc(-c2ccccc2)c1. The first-order chi connectivity index (χ1) is 12.2. The summed E-state index contributed by atoms with van der Waals surface area (Å²) in [5, 5.41) is 10.2. The lowest BCUT2D eigenvalue weighted by Gasteiger charge is -2.20. The molecular weight excluding hydrogens is 310 g/mol. The molecule has 3 nitrogen and oxygen atoms in total. The summed E-state index contributed by atoms with van der Waals surface area (Å²) in [5.74, 6) is 0. The first-order valence-electron chi connectivity index (χ1n) is 8.37. The van der Waals surface area contributed by atoms with E-state index in [4.69, 9.17) is 10.5 Å². The zero-order chi connectivity index (χ0) is 17.6. The van der Waals surface area contributed by atoms with Crippen molar-refractivity contribution in [3.05, 3.63) is 84.4 Å². The predicted octanol–water partition coefficient (Wildman–Crippen LogP) is 4.03. The molecule has 3 heteroatoms. The molecule has 0 bridgehead atoms. The molecule has 3 N–H and O–H groups in total. The van der Waals surface area contributed by atoms with Gasteiger partial charge >= 0.3 is 0 Å². The third kappa shape index (κ3) is 4.15. The molecule has 25 heavy (non-hydrogen) atoms. The van der Waals surface area contributed by atoms with Crippen LogP contribution in [0.25, 0.3) is 22.3 Å². The van der Waals surface area contributed by atoms with Gasteiger partial charge in [-0.15, -0.1) is 0 Å². The first-order valence-corrected chi connectivity index (χ1v) is 8.37. The van der Waals surface area contributed by atoms with E-state index in [1.807, 2.05) is 48.5 Å². The Morgan fingerprint density at radius 3 is 1.72 bits per heavy atom. The number of ether oxygens (including phenoxy) is 1. The third-order valence-electron chi connectivity index (χ3n) is 4.31. The molecule has 0 unspecified atom stereocenters. The van der Waals surface area contributed by atoms with Gasteiger partial charge in [-0.3, -0.25) is 0 Å². The van der Waals surface area contributed by atoms with Gasteiger partial charge in [0.05, 0.1) is 18.8 Å². The second-order valence-corrected chi connectivity index (χ2v) is 6.12. The molecule has 0 saturated heterocycles. The molecule has 0 aliphatic carbocycles. The molecule has 0 fully saturated rings. The van der Waals surface area contributed by atoms with E-state index in [1.165, 1.54) is 0 Å². The van der Waals surface area contributed by atoms with Crippen molar-refractivity contribution in [3.8, 4) is 22.3 Å². The second-order valence-electron chi connectivity index (χ2n) is 6.12. The Kier molecular flexibility index (Phi) is 5.61. The van der Waals surface area contributed by atoms with Crippen LogP contribution in [0.4, 0.5) is 0 Å². The van der Waals surface area contributed by atoms with Crippen LogP contribution in [0.5, 0.6) is 0 Å². The van der Waals surface area contributed by atoms with E-state index >= 15 is 0 Å². The van der Waals surface area contributed by atoms with Crippen molar-refractivity contribution in [2.45, 2.75) is 12.1 Å². The summed E-state index contributed by atoms with van der Waals surface area (Å²) >= 11 is 0. The van der Waals surface area contributed by atoms with Crippen molar-refractivity contribution >= 4 is 0 Å². The molecule has 3 rings (SSSR count). The fourth-order valence-electron chi connectivity index (χ4n) is 2.94. The third-order valence-corrected chi connectivity index (χ3v) is 4.31. The summed E-state index contributed by atoms with van der Waals surface area (Å²) in [7, 11) is 1.56. The van der Waals surface area contributed by atoms with Gasteiger partial charge in [0.2, 0.25) is 0 Å². The molecule has 3 aromatic rings. The number of methoxy groups -OCH3 is 1. The monoisotopic (exact) mass is 333 g/mol. The van der Waals surface area contributed by atoms with Gasteiger partial charge in [-0.1, -0.05) is 60.7 Å². The van der Waals surface area contributed by atoms with E-state index in [-0.39, 0.29) is 6.61 Å². The summed E-state index contributed by atoms with van der Waals surface area (Å²) in [6, 6.07) is 26.1. The minimum atomic E-state index is -0.750. The molecular formula is C22H23NO2. The second kappa shape index (κ2) is 8.08. The Morgan fingerprint density at radius 1 is 0.800 bits per heavy atom. The van der Waals surface area contributed by atoms with Crippen molar-refractivity contribution in [2.75, 3.05) is 13.7 Å². The van der Waals surface area contributed by atoms with Gasteiger partial charge < -0.3 is 15.6 Å². The van der Waals surface area contributed by atoms with Crippen LogP contribution in [0.2, 0.25) is 0 Å². The maximum Gasteiger partial charge on any atom is 0.0965 e. The minimum absolute atomic E-state index is 0.206. The Labute approximate surface area is 148 Å². The average molecular weight is 333 g/mol. The van der Waals surface area contributed by atoms with Gasteiger partial charge in [0.1, 0.15) is 0 Å². The number of aliphatic hydroxyl groups excluding tert-OH is 1. The summed E-state index contributed by atoms with van der Waals surface area (Å²) in [4.78, 5) is 0. The lowest BCUT2D eigenvalue weighted by Crippen LogP contribution is -2.30. The topological polar surface area (TPSA) is 55.5 Å². The van der Waals surface area contributed by atoms with Gasteiger partial charge in [0, 0.05) is 7.11 Å². The lowest BCUT2D eigenvalue weighted by molar-refractivity contribution is 0.0477. The first kappa shape index (κ1) is 17.4. The van der Waals surface area contributed by atoms with E-state index in [9.17, 15) is 5.11 Å². The molecule has 128 valence electrons. The zero-order valence-corrected chi connectivity index (χ0v) is 14.3. The fraction of sp³-hybridized carbons (Fsp3) is 0.182. The van der Waals surface area contributed by atoms with Crippen LogP contribution in [-0.4, -0.2) is 24.9 Å². The number of benzene rings is 3. The van der Waals surface area contributed by atoms with E-state index < -0.39 is 12.1 Å². The van der Waals surface area contributed by atoms with Crippen molar-refractivity contribution in [2.24, 2.45) is 5.73 Å². The summed E-state index contributed by atoms with van der Waals surface area (Å²) < 4.78 is 5.05. The quantitative estimate of drug-likeness (QED) is 0.716. The highest BCUT2D eigenvalue weighted by atomic mass is 16.5. The van der Waals surface area contributed by atoms with Crippen molar-refractivity contribution in [1.82, 2.24) is 0 Å². The molecule has 0 radical (unpaired) electrons. The summed E-state index contributed by atoms with van der Waals surface area (Å²) in [6.45, 7) is 0.206. The van der Waals surface area contributed by atoms with E-state index in [0.717, 1.165) is 27.8 Å². The van der Waals surface area contributed by atoms with Gasteiger partial charge in [-0.05, 0) is 46.0 Å². The predicted molar refractivity (Wildman–Crippen MR) is 102 cm³/mol. The normalized spacial score (nSPS) is 13.4. The minimum Gasteiger partial charge on any atom is -0.389 e. The van der Waals surface area contributed by atoms with Crippen LogP contribution in [0.15, 0.2) is 78.9 Å². The van der Waals surface area contributed by atoms with Crippen LogP contribution < -0.4 is 5.73 Å². The standard InChI is InChI=1S/C22H23NO2/c1-25-15-21(24)22(23)20-13-18(16-8-4-2-5-9-16)12-19(14-20)17-10-6-3-7-11-17/h2-14,21-22,24H,15,23H2,1H3/t21-,22+/m0/s1. The Hall–Kier alpha value is -2.46. The van der Waals surface area contributed by atoms with Crippen molar-refractivity contribution in [1.29, 1.82) is 0 Å². The maximum absolute atomic E-state index is 10.2. The molecule has 0 aliphatic rings. The van der Waals surface area contributed by atoms with Crippen LogP contribution >= 0.6 is 0 Å². The number of rotatable bonds is 6. The Balaban J connectivity index is 2.08. The Bertz CT molecular complexity index is 745. The van der Waals surface area contributed by atoms with Gasteiger partial charge in [0.25, 0.3) is 0 Å². The highest BCUT2D eigenvalue weighted by Crippen LogP contribution is 2.30. The number of hydrogen-bond donors (Lipinski definition) is 2. The number of hydrogen-bond acceptors (Lipinski definition) is 3. The highest BCUT2D eigenvalue weighted by Gasteiger charge is 2.18. The lowest BCUT2D eigenvalue weighted by atomic mass is 9.92. The van der Waals surface area contributed by atoms with Crippen LogP contribution in [0.3, 0.4) is 0 Å². The number of aliphatic hydroxyl groups is 1. The van der Waals surface area contributed by atoms with Crippen molar-refractivity contribution in [3.63, 3.8) is 0 Å². The Morgan fingerprint density at radius 2 is 1.28 bits per heavy atom. The fourth-order valence-corrected chi connectivity index (χ4v) is 2.94. The van der Waals surface area contributed by atoms with Gasteiger partial charge in [-0.25, -0.2) is 0 Å². The molecule has 0 amide bonds. The molecule has 0 aliphatic heterocycles. The summed E-state index contributed by atoms with van der Waals surface area (Å²) in [6.07, 6.45) is -0.750. The molecule has 0 aromatic heterocycles. The molecule has 3 aromatic carbocycles. The number of nitrogens with two attached hydrogens (primary N) is 1. The summed E-state index contributed by atoms with van der Waals surface area (Å²) in [5.41, 5.74) is 11.6. The molecule has 0 saturated carbocycles. The van der Waals surface area contributed by atoms with E-state index in [0.29, 0.717) is 0 Å². The largest absolute Gasteiger partial charge is 0.389 e. The van der Waals surface area contributed by atoms with E-state index in [2.05, 4.69) is 30.3 Å². The van der Waals surface area contributed by atoms with Crippen LogP contribution in [-0.2, 0) is 4.74 Å². The molecule has 0 heterocycles. The maximum atomic E-state index is 10.2. The van der Waals surface area contributed by atoms with Crippen LogP contribution in [0.1, 0.15) is 11.6 Å². The van der Waals surface area contributed by atoms with Crippen molar-refractivity contribution < 1.29 is 9.84 Å². The highest BCUT2D eigenvalue weighted by molar-refractivity contribution is 5.74. The smallest absolute Gasteiger partial charge is 0.0965 e. The van der Waals surface area contributed by atoms with Gasteiger partial charge in [-0.2, -0.15) is 0 Å². The zero-order valence-electron chi connectivity index (χ0n) is 14.3. The molecule has 2 atom stereocenters.